The summed E-state index contributed by atoms with van der Waals surface area (Å²) in [5, 5.41) is 3.43. The molecule has 10 heteroatoms. The predicted octanol–water partition coefficient (Wildman–Crippen LogP) is 3.46. The Morgan fingerprint density at radius 1 is 1.09 bits per heavy atom. The van der Waals surface area contributed by atoms with E-state index in [0.29, 0.717) is 19.0 Å². The van der Waals surface area contributed by atoms with Crippen molar-refractivity contribution < 1.29 is 9.47 Å². The normalized spacial score (nSPS) is 14.1. The molecule has 0 radical (unpaired) electrons. The zero-order valence-electron chi connectivity index (χ0n) is 19.5. The maximum atomic E-state index is 11.7. The predicted molar refractivity (Wildman–Crippen MR) is 135 cm³/mol. The maximum absolute atomic E-state index is 11.7. The van der Waals surface area contributed by atoms with Crippen LogP contribution in [0.4, 0.5) is 17.2 Å². The molecule has 0 atom stereocenters. The largest absolute Gasteiger partial charge is 0.495 e. The number of fused-ring (bicyclic) bond motifs is 2. The van der Waals surface area contributed by atoms with E-state index in [2.05, 4.69) is 31.2 Å². The third-order valence-electron chi connectivity index (χ3n) is 6.36. The summed E-state index contributed by atoms with van der Waals surface area (Å²) in [6, 6.07) is 11.8. The Hall–Kier alpha value is -4.31. The summed E-state index contributed by atoms with van der Waals surface area (Å²) in [6.07, 6.45) is 3.67. The number of benzene rings is 2. The number of morpholine rings is 1. The van der Waals surface area contributed by atoms with Crippen LogP contribution in [-0.4, -0.2) is 57.7 Å². The number of rotatable bonds is 5. The van der Waals surface area contributed by atoms with Gasteiger partial charge >= 0.3 is 5.69 Å². The van der Waals surface area contributed by atoms with Crippen molar-refractivity contribution in [3.8, 4) is 17.0 Å². The van der Waals surface area contributed by atoms with Crippen LogP contribution in [0.25, 0.3) is 27.9 Å². The summed E-state index contributed by atoms with van der Waals surface area (Å²) in [5.41, 5.74) is 6.49. The first-order chi connectivity index (χ1) is 17.1. The monoisotopic (exact) mass is 471 g/mol. The van der Waals surface area contributed by atoms with Crippen LogP contribution < -0.4 is 20.6 Å². The first-order valence-corrected chi connectivity index (χ1v) is 11.4. The molecule has 3 N–H and O–H groups in total. The summed E-state index contributed by atoms with van der Waals surface area (Å²) in [5.74, 6) is 1.41. The van der Waals surface area contributed by atoms with Crippen LogP contribution in [0.15, 0.2) is 53.6 Å². The molecule has 1 aliphatic heterocycles. The summed E-state index contributed by atoms with van der Waals surface area (Å²) in [7, 11) is 1.68. The molecule has 0 saturated carbocycles. The fourth-order valence-corrected chi connectivity index (χ4v) is 4.60. The van der Waals surface area contributed by atoms with E-state index in [1.54, 1.807) is 13.3 Å². The number of ether oxygens (including phenoxy) is 2. The standard InChI is InChI=1S/C25H25N7O3/c1-15-22(16-3-5-18-19(13-16)29-25(33)28-18)30-23(24-26-7-8-32(15)24)27-17-4-6-20(21(14-17)34-2)31-9-11-35-12-10-31/h3-8,13-14H,9-12H2,1-2H3,(H,27,30)(H2,28,29,33). The molecule has 10 nitrogen and oxygen atoms in total. The first-order valence-electron chi connectivity index (χ1n) is 11.4. The quantitative estimate of drug-likeness (QED) is 0.360. The lowest BCUT2D eigenvalue weighted by Crippen LogP contribution is -2.36. The van der Waals surface area contributed by atoms with E-state index >= 15 is 0 Å². The van der Waals surface area contributed by atoms with Crippen molar-refractivity contribution in [2.45, 2.75) is 6.92 Å². The molecule has 5 aromatic rings. The Kier molecular flexibility index (Phi) is 5.14. The highest BCUT2D eigenvalue weighted by atomic mass is 16.5. The van der Waals surface area contributed by atoms with Gasteiger partial charge in [-0.25, -0.2) is 14.8 Å². The minimum Gasteiger partial charge on any atom is -0.495 e. The Bertz CT molecular complexity index is 1590. The number of H-pyrrole nitrogens is 2. The van der Waals surface area contributed by atoms with Crippen molar-refractivity contribution in [1.82, 2.24) is 24.3 Å². The Morgan fingerprint density at radius 2 is 1.91 bits per heavy atom. The molecule has 3 aromatic heterocycles. The Morgan fingerprint density at radius 3 is 2.74 bits per heavy atom. The number of nitrogens with zero attached hydrogens (tertiary/aromatic N) is 4. The smallest absolute Gasteiger partial charge is 0.323 e. The maximum Gasteiger partial charge on any atom is 0.323 e. The SMILES string of the molecule is COc1cc(Nc2nc(-c3ccc4[nH]c(=O)[nH]c4c3)c(C)n3ccnc23)ccc1N1CCOCC1. The molecule has 35 heavy (non-hydrogen) atoms. The van der Waals surface area contributed by atoms with Crippen LogP contribution in [0.5, 0.6) is 5.75 Å². The van der Waals surface area contributed by atoms with Crippen LogP contribution in [0.1, 0.15) is 5.69 Å². The summed E-state index contributed by atoms with van der Waals surface area (Å²) >= 11 is 0. The van der Waals surface area contributed by atoms with Crippen LogP contribution in [-0.2, 0) is 4.74 Å². The van der Waals surface area contributed by atoms with Gasteiger partial charge < -0.3 is 29.7 Å². The van der Waals surface area contributed by atoms with E-state index < -0.39 is 0 Å². The molecule has 0 amide bonds. The molecule has 1 fully saturated rings. The van der Waals surface area contributed by atoms with Crippen molar-refractivity contribution in [1.29, 1.82) is 0 Å². The molecular weight excluding hydrogens is 446 g/mol. The number of aryl methyl sites for hydroxylation is 1. The Balaban J connectivity index is 1.41. The van der Waals surface area contributed by atoms with Crippen molar-refractivity contribution in [3.63, 3.8) is 0 Å². The molecule has 4 heterocycles. The van der Waals surface area contributed by atoms with Gasteiger partial charge in [0.1, 0.15) is 5.75 Å². The fraction of sp³-hybridized carbons (Fsp3) is 0.240. The lowest BCUT2D eigenvalue weighted by atomic mass is 10.1. The van der Waals surface area contributed by atoms with Crippen LogP contribution in [0.2, 0.25) is 0 Å². The number of nitrogens with one attached hydrogen (secondary N) is 3. The minimum absolute atomic E-state index is 0.233. The van der Waals surface area contributed by atoms with Crippen molar-refractivity contribution in [2.75, 3.05) is 43.6 Å². The van der Waals surface area contributed by atoms with Gasteiger partial charge in [0.2, 0.25) is 0 Å². The molecule has 0 unspecified atom stereocenters. The molecule has 1 aliphatic rings. The first kappa shape index (κ1) is 21.2. The highest BCUT2D eigenvalue weighted by Crippen LogP contribution is 2.34. The number of anilines is 3. The second-order valence-corrected chi connectivity index (χ2v) is 8.47. The number of imidazole rings is 2. The van der Waals surface area contributed by atoms with Crippen molar-refractivity contribution in [2.24, 2.45) is 0 Å². The van der Waals surface area contributed by atoms with Crippen LogP contribution >= 0.6 is 0 Å². The fourth-order valence-electron chi connectivity index (χ4n) is 4.60. The third-order valence-corrected chi connectivity index (χ3v) is 6.36. The minimum atomic E-state index is -0.233. The molecular formula is C25H25N7O3. The van der Waals surface area contributed by atoms with E-state index in [1.807, 2.05) is 47.9 Å². The van der Waals surface area contributed by atoms with Gasteiger partial charge in [0.05, 0.1) is 42.7 Å². The van der Waals surface area contributed by atoms with E-state index in [0.717, 1.165) is 63.8 Å². The molecule has 0 bridgehead atoms. The van der Waals surface area contributed by atoms with E-state index in [4.69, 9.17) is 14.5 Å². The Labute approximate surface area is 200 Å². The summed E-state index contributed by atoms with van der Waals surface area (Å²) < 4.78 is 13.2. The van der Waals surface area contributed by atoms with Crippen molar-refractivity contribution in [3.05, 3.63) is 65.0 Å². The average molecular weight is 472 g/mol. The third kappa shape index (κ3) is 3.77. The zero-order valence-corrected chi connectivity index (χ0v) is 19.5. The number of hydrogen-bond donors (Lipinski definition) is 3. The topological polar surface area (TPSA) is 113 Å². The van der Waals surface area contributed by atoms with Crippen molar-refractivity contribution >= 4 is 33.9 Å². The van der Waals surface area contributed by atoms with Gasteiger partial charge in [0, 0.05) is 48.5 Å². The van der Waals surface area contributed by atoms with Crippen LogP contribution in [0.3, 0.4) is 0 Å². The zero-order chi connectivity index (χ0) is 23.9. The summed E-state index contributed by atoms with van der Waals surface area (Å²) in [4.78, 5) is 29.1. The van der Waals surface area contributed by atoms with Gasteiger partial charge in [0.15, 0.2) is 11.5 Å². The average Bonchev–Trinajstić information content (AvgIpc) is 3.52. The van der Waals surface area contributed by atoms with Gasteiger partial charge in [-0.05, 0) is 31.2 Å². The lowest BCUT2D eigenvalue weighted by Gasteiger charge is -2.30. The highest BCUT2D eigenvalue weighted by Gasteiger charge is 2.18. The highest BCUT2D eigenvalue weighted by molar-refractivity contribution is 5.83. The molecule has 1 saturated heterocycles. The van der Waals surface area contributed by atoms with Gasteiger partial charge in [-0.2, -0.15) is 0 Å². The van der Waals surface area contributed by atoms with Gasteiger partial charge in [-0.1, -0.05) is 6.07 Å². The number of aromatic amines is 2. The van der Waals surface area contributed by atoms with E-state index in [-0.39, 0.29) is 5.69 Å². The molecule has 0 aliphatic carbocycles. The molecule has 6 rings (SSSR count). The number of aromatic nitrogens is 5. The molecule has 178 valence electrons. The lowest BCUT2D eigenvalue weighted by molar-refractivity contribution is 0.122. The van der Waals surface area contributed by atoms with Crippen LogP contribution in [0, 0.1) is 6.92 Å². The second-order valence-electron chi connectivity index (χ2n) is 8.47. The van der Waals surface area contributed by atoms with Gasteiger partial charge in [0.25, 0.3) is 0 Å². The van der Waals surface area contributed by atoms with Gasteiger partial charge in [-0.15, -0.1) is 0 Å². The van der Waals surface area contributed by atoms with Gasteiger partial charge in [-0.3, -0.25) is 4.40 Å². The molecule has 2 aromatic carbocycles. The second kappa shape index (κ2) is 8.48. The van der Waals surface area contributed by atoms with E-state index in [9.17, 15) is 4.79 Å². The summed E-state index contributed by atoms with van der Waals surface area (Å²) in [6.45, 7) is 5.08. The van der Waals surface area contributed by atoms with E-state index in [1.165, 1.54) is 0 Å². The molecule has 0 spiro atoms. The number of hydrogen-bond acceptors (Lipinski definition) is 7. The number of methoxy groups -OCH3 is 1.